The second-order valence-electron chi connectivity index (χ2n) is 4.40. The van der Waals surface area contributed by atoms with Gasteiger partial charge in [-0.15, -0.1) is 0 Å². The minimum Gasteiger partial charge on any atom is -0.480 e. The molecular weight excluding hydrogens is 348 g/mol. The molecule has 3 N–H and O–H groups in total. The Morgan fingerprint density at radius 3 is 2.65 bits per heavy atom. The van der Waals surface area contributed by atoms with Crippen LogP contribution in [0, 0.1) is 5.92 Å². The minimum absolute atomic E-state index is 0.166. The number of hydrogen-bond acceptors (Lipinski definition) is 2. The summed E-state index contributed by atoms with van der Waals surface area (Å²) in [4.78, 5) is 23.0. The molecule has 0 aliphatic carbocycles. The van der Waals surface area contributed by atoms with E-state index in [9.17, 15) is 9.59 Å². The fourth-order valence-electron chi connectivity index (χ4n) is 1.58. The molecule has 7 heteroatoms. The van der Waals surface area contributed by atoms with E-state index in [1.54, 1.807) is 25.1 Å². The van der Waals surface area contributed by atoms with Crippen LogP contribution in [-0.2, 0) is 4.79 Å². The lowest BCUT2D eigenvalue weighted by Gasteiger charge is -2.20. The topological polar surface area (TPSA) is 78.4 Å². The van der Waals surface area contributed by atoms with E-state index in [-0.39, 0.29) is 5.92 Å². The summed E-state index contributed by atoms with van der Waals surface area (Å²) in [5.74, 6) is -1.22. The highest BCUT2D eigenvalue weighted by molar-refractivity contribution is 9.10. The van der Waals surface area contributed by atoms with Crippen molar-refractivity contribution in [2.45, 2.75) is 26.3 Å². The van der Waals surface area contributed by atoms with Crippen LogP contribution in [0.3, 0.4) is 0 Å². The number of benzene rings is 1. The quantitative estimate of drug-likeness (QED) is 0.746. The third-order valence-corrected chi connectivity index (χ3v) is 4.36. The molecule has 2 amide bonds. The average molecular weight is 364 g/mol. The molecule has 0 aromatic heterocycles. The zero-order valence-electron chi connectivity index (χ0n) is 11.1. The molecule has 2 atom stereocenters. The Hall–Kier alpha value is -1.27. The van der Waals surface area contributed by atoms with Crippen LogP contribution in [0.1, 0.15) is 20.3 Å². The Morgan fingerprint density at radius 1 is 1.45 bits per heavy atom. The number of nitrogens with one attached hydrogen (secondary N) is 2. The van der Waals surface area contributed by atoms with Gasteiger partial charge in [0.05, 0.1) is 15.2 Å². The van der Waals surface area contributed by atoms with Gasteiger partial charge in [0, 0.05) is 0 Å². The lowest BCUT2D eigenvalue weighted by molar-refractivity contribution is -0.140. The molecule has 5 nitrogen and oxygen atoms in total. The molecule has 1 aromatic rings. The van der Waals surface area contributed by atoms with Crippen LogP contribution in [0.4, 0.5) is 10.5 Å². The van der Waals surface area contributed by atoms with Gasteiger partial charge < -0.3 is 15.7 Å². The molecule has 0 saturated heterocycles. The predicted molar refractivity (Wildman–Crippen MR) is 82.2 cm³/mol. The molecule has 1 rings (SSSR count). The first kappa shape index (κ1) is 16.8. The van der Waals surface area contributed by atoms with Crippen molar-refractivity contribution in [3.05, 3.63) is 27.7 Å². The number of carbonyl (C=O) groups excluding carboxylic acids is 1. The highest BCUT2D eigenvalue weighted by Gasteiger charge is 2.25. The van der Waals surface area contributed by atoms with Gasteiger partial charge in [-0.1, -0.05) is 37.9 Å². The third kappa shape index (κ3) is 4.38. The molecular formula is C13H16BrClN2O3. The van der Waals surface area contributed by atoms with Gasteiger partial charge in [-0.2, -0.15) is 0 Å². The van der Waals surface area contributed by atoms with Crippen molar-refractivity contribution in [2.24, 2.45) is 5.92 Å². The smallest absolute Gasteiger partial charge is 0.326 e. The lowest BCUT2D eigenvalue weighted by Crippen LogP contribution is -2.46. The van der Waals surface area contributed by atoms with E-state index in [0.717, 1.165) is 0 Å². The van der Waals surface area contributed by atoms with Crippen molar-refractivity contribution in [3.63, 3.8) is 0 Å². The zero-order valence-corrected chi connectivity index (χ0v) is 13.5. The van der Waals surface area contributed by atoms with E-state index in [4.69, 9.17) is 16.7 Å². The average Bonchev–Trinajstić information content (AvgIpc) is 2.40. The van der Waals surface area contributed by atoms with E-state index in [2.05, 4.69) is 26.6 Å². The van der Waals surface area contributed by atoms with Gasteiger partial charge in [-0.25, -0.2) is 9.59 Å². The molecule has 0 heterocycles. The number of carboxylic acid groups (broad SMARTS) is 1. The Labute approximate surface area is 130 Å². The highest BCUT2D eigenvalue weighted by Crippen LogP contribution is 2.29. The number of amides is 2. The Balaban J connectivity index is 2.76. The second kappa shape index (κ2) is 7.50. The number of aliphatic carboxylic acids is 1. The summed E-state index contributed by atoms with van der Waals surface area (Å²) in [6.45, 7) is 3.64. The standard InChI is InChI=1S/C13H16BrClN2O3/c1-3-7(2)11(12(18)19)17-13(20)16-9-6-4-5-8(15)10(9)14/h4-7,11H,3H2,1-2H3,(H,18,19)(H2,16,17,20)/t7?,11-/m0/s1. The van der Waals surface area contributed by atoms with E-state index in [1.165, 1.54) is 0 Å². The van der Waals surface area contributed by atoms with E-state index in [0.29, 0.717) is 21.6 Å². The van der Waals surface area contributed by atoms with Crippen molar-refractivity contribution in [3.8, 4) is 0 Å². The van der Waals surface area contributed by atoms with Crippen LogP contribution in [0.2, 0.25) is 5.02 Å². The third-order valence-electron chi connectivity index (χ3n) is 2.97. The number of urea groups is 1. The fraction of sp³-hybridized carbons (Fsp3) is 0.385. The molecule has 0 radical (unpaired) electrons. The summed E-state index contributed by atoms with van der Waals surface area (Å²) in [6, 6.07) is 3.51. The maximum absolute atomic E-state index is 11.9. The molecule has 1 unspecified atom stereocenters. The van der Waals surface area contributed by atoms with Crippen LogP contribution in [-0.4, -0.2) is 23.1 Å². The maximum Gasteiger partial charge on any atom is 0.326 e. The molecule has 0 fully saturated rings. The molecule has 0 aliphatic rings. The number of halogens is 2. The largest absolute Gasteiger partial charge is 0.480 e. The number of carbonyl (C=O) groups is 2. The van der Waals surface area contributed by atoms with Crippen molar-refractivity contribution < 1.29 is 14.7 Å². The SMILES string of the molecule is CCC(C)[C@H](NC(=O)Nc1cccc(Cl)c1Br)C(=O)O. The van der Waals surface area contributed by atoms with Crippen molar-refractivity contribution in [2.75, 3.05) is 5.32 Å². The van der Waals surface area contributed by atoms with E-state index < -0.39 is 18.0 Å². The summed E-state index contributed by atoms with van der Waals surface area (Å²) in [5, 5.41) is 14.6. The molecule has 110 valence electrons. The molecule has 0 spiro atoms. The molecule has 20 heavy (non-hydrogen) atoms. The second-order valence-corrected chi connectivity index (χ2v) is 5.60. The molecule has 0 aliphatic heterocycles. The van der Waals surface area contributed by atoms with Gasteiger partial charge in [0.25, 0.3) is 0 Å². The number of rotatable bonds is 5. The van der Waals surface area contributed by atoms with Gasteiger partial charge in [-0.05, 0) is 34.0 Å². The Morgan fingerprint density at radius 2 is 2.10 bits per heavy atom. The predicted octanol–water partition coefficient (Wildman–Crippen LogP) is 3.72. The first-order valence-electron chi connectivity index (χ1n) is 6.11. The van der Waals surface area contributed by atoms with Gasteiger partial charge in [0.1, 0.15) is 6.04 Å². The monoisotopic (exact) mass is 362 g/mol. The number of hydrogen-bond donors (Lipinski definition) is 3. The Bertz CT molecular complexity index is 510. The van der Waals surface area contributed by atoms with Crippen LogP contribution < -0.4 is 10.6 Å². The maximum atomic E-state index is 11.9. The van der Waals surface area contributed by atoms with Crippen LogP contribution in [0.5, 0.6) is 0 Å². The summed E-state index contributed by atoms with van der Waals surface area (Å²) in [6.07, 6.45) is 0.651. The zero-order chi connectivity index (χ0) is 15.3. The summed E-state index contributed by atoms with van der Waals surface area (Å²) in [5.41, 5.74) is 0.475. The summed E-state index contributed by atoms with van der Waals surface area (Å²) in [7, 11) is 0. The van der Waals surface area contributed by atoms with Gasteiger partial charge >= 0.3 is 12.0 Å². The molecule has 0 bridgehead atoms. The van der Waals surface area contributed by atoms with Crippen molar-refractivity contribution in [1.29, 1.82) is 0 Å². The molecule has 1 aromatic carbocycles. The number of carboxylic acids is 1. The lowest BCUT2D eigenvalue weighted by atomic mass is 9.99. The van der Waals surface area contributed by atoms with Gasteiger partial charge in [0.2, 0.25) is 0 Å². The highest BCUT2D eigenvalue weighted by atomic mass is 79.9. The molecule has 0 saturated carbocycles. The summed E-state index contributed by atoms with van der Waals surface area (Å²) < 4.78 is 0.548. The first-order valence-corrected chi connectivity index (χ1v) is 7.28. The van der Waals surface area contributed by atoms with Crippen LogP contribution in [0.15, 0.2) is 22.7 Å². The Kier molecular flexibility index (Phi) is 6.29. The van der Waals surface area contributed by atoms with Gasteiger partial charge in [0.15, 0.2) is 0 Å². The fourth-order valence-corrected chi connectivity index (χ4v) is 2.12. The van der Waals surface area contributed by atoms with E-state index >= 15 is 0 Å². The van der Waals surface area contributed by atoms with Gasteiger partial charge in [-0.3, -0.25) is 0 Å². The first-order chi connectivity index (χ1) is 9.36. The number of anilines is 1. The summed E-state index contributed by atoms with van der Waals surface area (Å²) >= 11 is 9.17. The van der Waals surface area contributed by atoms with Crippen LogP contribution >= 0.6 is 27.5 Å². The normalized spacial score (nSPS) is 13.4. The van der Waals surface area contributed by atoms with E-state index in [1.807, 2.05) is 6.92 Å². The minimum atomic E-state index is -1.06. The van der Waals surface area contributed by atoms with Crippen molar-refractivity contribution >= 4 is 45.2 Å². The van der Waals surface area contributed by atoms with Crippen LogP contribution in [0.25, 0.3) is 0 Å². The van der Waals surface area contributed by atoms with Crippen molar-refractivity contribution in [1.82, 2.24) is 5.32 Å².